The molecule has 26 heavy (non-hydrogen) atoms. The van der Waals surface area contributed by atoms with E-state index in [9.17, 15) is 19.5 Å². The van der Waals surface area contributed by atoms with Gasteiger partial charge in [-0.2, -0.15) is 0 Å². The van der Waals surface area contributed by atoms with Crippen LogP contribution in [0.15, 0.2) is 42.5 Å². The zero-order valence-corrected chi connectivity index (χ0v) is 15.1. The highest BCUT2D eigenvalue weighted by Crippen LogP contribution is 2.50. The van der Waals surface area contributed by atoms with Crippen molar-refractivity contribution in [1.82, 2.24) is 10.2 Å². The van der Waals surface area contributed by atoms with Crippen molar-refractivity contribution in [3.8, 4) is 0 Å². The molecule has 2 aromatic rings. The van der Waals surface area contributed by atoms with Gasteiger partial charge in [0.2, 0.25) is 5.91 Å². The molecule has 2 unspecified atom stereocenters. The van der Waals surface area contributed by atoms with E-state index in [1.165, 1.54) is 16.7 Å². The summed E-state index contributed by atoms with van der Waals surface area (Å²) in [6.45, 7) is 3.62. The first-order valence-corrected chi connectivity index (χ1v) is 9.20. The normalized spacial score (nSPS) is 26.3. The zero-order chi connectivity index (χ0) is 18.6. The van der Waals surface area contributed by atoms with Gasteiger partial charge in [0.15, 0.2) is 0 Å². The van der Waals surface area contributed by atoms with E-state index in [0.29, 0.717) is 5.56 Å². The molecule has 0 aromatic heterocycles. The predicted molar refractivity (Wildman–Crippen MR) is 98.9 cm³/mol. The van der Waals surface area contributed by atoms with E-state index in [-0.39, 0.29) is 17.2 Å². The number of carboxylic acids is 1. The number of carbonyl (C=O) groups is 3. The predicted octanol–water partition coefficient (Wildman–Crippen LogP) is 2.09. The van der Waals surface area contributed by atoms with Crippen LogP contribution >= 0.6 is 11.8 Å². The molecule has 0 aliphatic carbocycles. The molecule has 2 aliphatic heterocycles. The van der Waals surface area contributed by atoms with Gasteiger partial charge in [-0.25, -0.2) is 4.79 Å². The number of benzene rings is 2. The number of aliphatic carboxylic acids is 1. The fourth-order valence-corrected chi connectivity index (χ4v) is 5.41. The van der Waals surface area contributed by atoms with Gasteiger partial charge in [-0.05, 0) is 30.7 Å². The summed E-state index contributed by atoms with van der Waals surface area (Å²) >= 11 is 1.42. The van der Waals surface area contributed by atoms with E-state index in [2.05, 4.69) is 5.32 Å². The van der Waals surface area contributed by atoms with Gasteiger partial charge < -0.3 is 15.3 Å². The summed E-state index contributed by atoms with van der Waals surface area (Å²) in [5, 5.41) is 13.7. The molecule has 3 atom stereocenters. The number of carbonyl (C=O) groups excluding carboxylic acids is 2. The van der Waals surface area contributed by atoms with Crippen molar-refractivity contribution in [2.45, 2.75) is 36.1 Å². The van der Waals surface area contributed by atoms with Crippen LogP contribution in [0.5, 0.6) is 0 Å². The summed E-state index contributed by atoms with van der Waals surface area (Å²) in [6, 6.07) is 11.4. The highest BCUT2D eigenvalue weighted by atomic mass is 32.2. The zero-order valence-electron chi connectivity index (χ0n) is 14.3. The second-order valence-corrected chi connectivity index (χ2v) is 8.85. The molecule has 2 aliphatic rings. The number of thioether (sulfide) groups is 1. The molecule has 2 aromatic carbocycles. The van der Waals surface area contributed by atoms with Crippen LogP contribution in [-0.2, 0) is 9.59 Å². The molecule has 2 N–H and O–H groups in total. The van der Waals surface area contributed by atoms with Crippen molar-refractivity contribution < 1.29 is 19.5 Å². The lowest BCUT2D eigenvalue weighted by molar-refractivity contribution is -0.159. The molecule has 2 fully saturated rings. The molecule has 134 valence electrons. The highest BCUT2D eigenvalue weighted by Gasteiger charge is 2.64. The lowest BCUT2D eigenvalue weighted by Crippen LogP contribution is -2.70. The number of hydrogen-bond acceptors (Lipinski definition) is 4. The van der Waals surface area contributed by atoms with Gasteiger partial charge in [0.1, 0.15) is 17.5 Å². The van der Waals surface area contributed by atoms with Crippen molar-refractivity contribution in [1.29, 1.82) is 0 Å². The Morgan fingerprint density at radius 1 is 1.15 bits per heavy atom. The summed E-state index contributed by atoms with van der Waals surface area (Å²) in [4.78, 5) is 38.2. The van der Waals surface area contributed by atoms with Crippen LogP contribution in [0.4, 0.5) is 0 Å². The number of hydrogen-bond donors (Lipinski definition) is 2. The van der Waals surface area contributed by atoms with Crippen LogP contribution in [-0.4, -0.2) is 50.0 Å². The molecule has 2 amide bonds. The smallest absolute Gasteiger partial charge is 0.327 e. The molecule has 0 spiro atoms. The molecular formula is C19H18N2O4S. The number of carboxylic acid groups (broad SMARTS) is 1. The van der Waals surface area contributed by atoms with Crippen LogP contribution in [0.25, 0.3) is 10.8 Å². The van der Waals surface area contributed by atoms with Gasteiger partial charge in [0.25, 0.3) is 5.91 Å². The fraction of sp³-hybridized carbons (Fsp3) is 0.316. The molecular weight excluding hydrogens is 352 g/mol. The molecule has 7 heteroatoms. The summed E-state index contributed by atoms with van der Waals surface area (Å²) in [6.07, 6.45) is 0. The summed E-state index contributed by atoms with van der Waals surface area (Å²) in [7, 11) is 0. The topological polar surface area (TPSA) is 86.7 Å². The molecule has 0 saturated carbocycles. The monoisotopic (exact) mass is 370 g/mol. The molecule has 2 saturated heterocycles. The van der Waals surface area contributed by atoms with Crippen molar-refractivity contribution in [3.63, 3.8) is 0 Å². The largest absolute Gasteiger partial charge is 0.480 e. The summed E-state index contributed by atoms with van der Waals surface area (Å²) < 4.78 is -0.606. The maximum Gasteiger partial charge on any atom is 0.327 e. The Kier molecular flexibility index (Phi) is 3.73. The molecule has 0 radical (unpaired) electrons. The molecule has 0 bridgehead atoms. The first-order valence-electron chi connectivity index (χ1n) is 8.33. The van der Waals surface area contributed by atoms with Gasteiger partial charge in [0, 0.05) is 10.3 Å². The van der Waals surface area contributed by atoms with Crippen LogP contribution in [0.2, 0.25) is 0 Å². The van der Waals surface area contributed by atoms with E-state index in [0.717, 1.165) is 10.8 Å². The van der Waals surface area contributed by atoms with Crippen LogP contribution < -0.4 is 5.32 Å². The van der Waals surface area contributed by atoms with E-state index in [1.807, 2.05) is 44.2 Å². The Balaban J connectivity index is 1.58. The number of rotatable bonds is 3. The first-order chi connectivity index (χ1) is 12.3. The second-order valence-electron chi connectivity index (χ2n) is 7.08. The number of nitrogens with zero attached hydrogens (tertiary/aromatic N) is 1. The first kappa shape index (κ1) is 16.9. The fourth-order valence-electron chi connectivity index (χ4n) is 3.79. The third-order valence-corrected chi connectivity index (χ3v) is 6.57. The van der Waals surface area contributed by atoms with Crippen molar-refractivity contribution in [2.75, 3.05) is 0 Å². The third kappa shape index (κ3) is 2.38. The average molecular weight is 370 g/mol. The minimum absolute atomic E-state index is 0.322. The van der Waals surface area contributed by atoms with Crippen LogP contribution in [0.1, 0.15) is 24.2 Å². The van der Waals surface area contributed by atoms with E-state index in [4.69, 9.17) is 0 Å². The molecule has 6 nitrogen and oxygen atoms in total. The molecule has 4 rings (SSSR count). The maximum atomic E-state index is 12.8. The van der Waals surface area contributed by atoms with Crippen molar-refractivity contribution >= 4 is 40.3 Å². The number of nitrogens with one attached hydrogen (secondary N) is 1. The SMILES string of the molecule is CC1(C)SC2[C@H](NC(=O)c3cccc4ccccc34)C(=O)N2C1C(=O)O. The lowest BCUT2D eigenvalue weighted by Gasteiger charge is -2.43. The number of β-lactam (4-membered cyclic amide) rings is 1. The summed E-state index contributed by atoms with van der Waals surface area (Å²) in [5.41, 5.74) is 0.506. The Morgan fingerprint density at radius 2 is 1.85 bits per heavy atom. The maximum absolute atomic E-state index is 12.8. The van der Waals surface area contributed by atoms with Gasteiger partial charge in [-0.1, -0.05) is 36.4 Å². The van der Waals surface area contributed by atoms with Gasteiger partial charge in [-0.15, -0.1) is 11.8 Å². The highest BCUT2D eigenvalue weighted by molar-refractivity contribution is 8.01. The lowest BCUT2D eigenvalue weighted by atomic mass is 9.95. The standard InChI is InChI=1S/C19H18N2O4S/c1-19(2)14(18(24)25)21-16(23)13(17(21)26-19)20-15(22)12-9-5-7-10-6-3-4-8-11(10)12/h3-9,13-14,17H,1-2H3,(H,20,22)(H,24,25)/t13-,14?,17?/m1/s1. The van der Waals surface area contributed by atoms with Gasteiger partial charge >= 0.3 is 5.97 Å². The Bertz CT molecular complexity index is 937. The number of fused-ring (bicyclic) bond motifs is 2. The average Bonchev–Trinajstić information content (AvgIpc) is 2.87. The molecule has 2 heterocycles. The van der Waals surface area contributed by atoms with Gasteiger partial charge in [0.05, 0.1) is 0 Å². The van der Waals surface area contributed by atoms with E-state index in [1.54, 1.807) is 12.1 Å². The Morgan fingerprint density at radius 3 is 2.58 bits per heavy atom. The summed E-state index contributed by atoms with van der Waals surface area (Å²) in [5.74, 6) is -1.68. The third-order valence-electron chi connectivity index (χ3n) is 5.00. The second kappa shape index (κ2) is 5.74. The van der Waals surface area contributed by atoms with Gasteiger partial charge in [-0.3, -0.25) is 9.59 Å². The van der Waals surface area contributed by atoms with Crippen LogP contribution in [0.3, 0.4) is 0 Å². The quantitative estimate of drug-likeness (QED) is 0.808. The Hall–Kier alpha value is -2.54. The van der Waals surface area contributed by atoms with Crippen molar-refractivity contribution in [3.05, 3.63) is 48.0 Å². The number of amides is 2. The van der Waals surface area contributed by atoms with Crippen LogP contribution in [0, 0.1) is 0 Å². The van der Waals surface area contributed by atoms with E-state index < -0.39 is 22.8 Å². The Labute approximate surface area is 154 Å². The minimum atomic E-state index is -1.02. The van der Waals surface area contributed by atoms with E-state index >= 15 is 0 Å². The minimum Gasteiger partial charge on any atom is -0.480 e. The van der Waals surface area contributed by atoms with Crippen molar-refractivity contribution in [2.24, 2.45) is 0 Å².